The lowest BCUT2D eigenvalue weighted by molar-refractivity contribution is -0.141. The van der Waals surface area contributed by atoms with Gasteiger partial charge in [0.15, 0.2) is 0 Å². The standard InChI is InChI=1S/C7H8O4S/c8-6(9)4-1-5(7(10)11)3-12-2-4/h2,5H,1,3H2,(H,8,9)(H,10,11)/t5-/m0/s1. The molecule has 12 heavy (non-hydrogen) atoms. The third-order valence-electron chi connectivity index (χ3n) is 1.61. The molecule has 1 heterocycles. The van der Waals surface area contributed by atoms with Gasteiger partial charge in [-0.15, -0.1) is 11.8 Å². The molecule has 0 bridgehead atoms. The summed E-state index contributed by atoms with van der Waals surface area (Å²) in [4.78, 5) is 20.9. The highest BCUT2D eigenvalue weighted by molar-refractivity contribution is 8.02. The molecular formula is C7H8O4S. The predicted molar refractivity (Wildman–Crippen MR) is 43.9 cm³/mol. The first-order valence-electron chi connectivity index (χ1n) is 3.38. The van der Waals surface area contributed by atoms with Crippen LogP contribution in [0, 0.1) is 5.92 Å². The molecule has 0 saturated carbocycles. The molecule has 0 unspecified atom stereocenters. The van der Waals surface area contributed by atoms with Crippen LogP contribution in [0.25, 0.3) is 0 Å². The largest absolute Gasteiger partial charge is 0.481 e. The maximum Gasteiger partial charge on any atom is 0.332 e. The molecule has 0 radical (unpaired) electrons. The predicted octanol–water partition coefficient (Wildman–Crippen LogP) is 0.793. The first-order valence-corrected chi connectivity index (χ1v) is 4.43. The minimum absolute atomic E-state index is 0.137. The monoisotopic (exact) mass is 188 g/mol. The second kappa shape index (κ2) is 3.62. The Morgan fingerprint density at radius 3 is 2.67 bits per heavy atom. The zero-order valence-electron chi connectivity index (χ0n) is 6.19. The van der Waals surface area contributed by atoms with Crippen molar-refractivity contribution >= 4 is 23.7 Å². The Labute approximate surface area is 73.3 Å². The van der Waals surface area contributed by atoms with Crippen LogP contribution < -0.4 is 0 Å². The number of aliphatic carboxylic acids is 2. The lowest BCUT2D eigenvalue weighted by Gasteiger charge is -2.15. The first-order chi connectivity index (χ1) is 5.61. The van der Waals surface area contributed by atoms with E-state index >= 15 is 0 Å². The molecule has 1 aliphatic heterocycles. The van der Waals surface area contributed by atoms with Gasteiger partial charge in [-0.05, 0) is 11.8 Å². The van der Waals surface area contributed by atoms with E-state index < -0.39 is 17.9 Å². The highest BCUT2D eigenvalue weighted by Crippen LogP contribution is 2.26. The molecule has 66 valence electrons. The van der Waals surface area contributed by atoms with Gasteiger partial charge in [0.1, 0.15) is 0 Å². The van der Waals surface area contributed by atoms with Crippen LogP contribution in [0.2, 0.25) is 0 Å². The Kier molecular flexibility index (Phi) is 2.75. The Bertz CT molecular complexity index is 246. The van der Waals surface area contributed by atoms with Crippen LogP contribution in [-0.4, -0.2) is 27.9 Å². The minimum Gasteiger partial charge on any atom is -0.481 e. The molecular weight excluding hydrogens is 180 g/mol. The highest BCUT2D eigenvalue weighted by atomic mass is 32.2. The van der Waals surface area contributed by atoms with Gasteiger partial charge in [-0.3, -0.25) is 4.79 Å². The van der Waals surface area contributed by atoms with Crippen LogP contribution in [0.15, 0.2) is 11.0 Å². The van der Waals surface area contributed by atoms with E-state index in [4.69, 9.17) is 10.2 Å². The molecule has 0 amide bonds. The number of hydrogen-bond acceptors (Lipinski definition) is 3. The highest BCUT2D eigenvalue weighted by Gasteiger charge is 2.25. The summed E-state index contributed by atoms with van der Waals surface area (Å²) in [6, 6.07) is 0. The molecule has 0 fully saturated rings. The first kappa shape index (κ1) is 9.12. The average molecular weight is 188 g/mol. The molecule has 5 heteroatoms. The summed E-state index contributed by atoms with van der Waals surface area (Å²) >= 11 is 1.24. The zero-order valence-corrected chi connectivity index (χ0v) is 7.00. The minimum atomic E-state index is -1.02. The van der Waals surface area contributed by atoms with E-state index in [1.54, 1.807) is 0 Å². The van der Waals surface area contributed by atoms with E-state index in [-0.39, 0.29) is 12.0 Å². The summed E-state index contributed by atoms with van der Waals surface area (Å²) < 4.78 is 0. The molecule has 1 aliphatic rings. The zero-order chi connectivity index (χ0) is 9.14. The normalized spacial score (nSPS) is 23.0. The quantitative estimate of drug-likeness (QED) is 0.670. The van der Waals surface area contributed by atoms with Crippen molar-refractivity contribution in [3.05, 3.63) is 11.0 Å². The molecule has 1 rings (SSSR count). The maximum absolute atomic E-state index is 10.5. The van der Waals surface area contributed by atoms with Gasteiger partial charge >= 0.3 is 11.9 Å². The van der Waals surface area contributed by atoms with Gasteiger partial charge in [0.2, 0.25) is 0 Å². The maximum atomic E-state index is 10.5. The van der Waals surface area contributed by atoms with Gasteiger partial charge in [-0.2, -0.15) is 0 Å². The van der Waals surface area contributed by atoms with Crippen LogP contribution in [0.1, 0.15) is 6.42 Å². The lowest BCUT2D eigenvalue weighted by atomic mass is 10.0. The van der Waals surface area contributed by atoms with Gasteiger partial charge in [0.05, 0.1) is 5.92 Å². The van der Waals surface area contributed by atoms with E-state index in [0.717, 1.165) is 0 Å². The summed E-state index contributed by atoms with van der Waals surface area (Å²) in [6.07, 6.45) is 0.137. The Morgan fingerprint density at radius 1 is 1.50 bits per heavy atom. The molecule has 0 saturated heterocycles. The SMILES string of the molecule is O=C(O)C1=CSC[C@@H](C(=O)O)C1. The fourth-order valence-corrected chi connectivity index (χ4v) is 1.92. The molecule has 0 aromatic carbocycles. The summed E-state index contributed by atoms with van der Waals surface area (Å²) in [6.45, 7) is 0. The van der Waals surface area contributed by atoms with Gasteiger partial charge < -0.3 is 10.2 Å². The molecule has 4 nitrogen and oxygen atoms in total. The van der Waals surface area contributed by atoms with Crippen LogP contribution >= 0.6 is 11.8 Å². The van der Waals surface area contributed by atoms with Crippen molar-refractivity contribution in [1.82, 2.24) is 0 Å². The molecule has 0 aromatic rings. The van der Waals surface area contributed by atoms with Crippen LogP contribution in [-0.2, 0) is 9.59 Å². The number of thioether (sulfide) groups is 1. The number of carbonyl (C=O) groups is 2. The van der Waals surface area contributed by atoms with E-state index in [1.165, 1.54) is 17.2 Å². The summed E-state index contributed by atoms with van der Waals surface area (Å²) in [5.74, 6) is -2.03. The molecule has 0 aromatic heterocycles. The van der Waals surface area contributed by atoms with Gasteiger partial charge in [0, 0.05) is 11.3 Å². The summed E-state index contributed by atoms with van der Waals surface area (Å²) in [7, 11) is 0. The van der Waals surface area contributed by atoms with Crippen molar-refractivity contribution in [2.75, 3.05) is 5.75 Å². The van der Waals surface area contributed by atoms with Crippen LogP contribution in [0.3, 0.4) is 0 Å². The molecule has 2 N–H and O–H groups in total. The van der Waals surface area contributed by atoms with E-state index in [0.29, 0.717) is 5.75 Å². The number of carboxylic acids is 2. The van der Waals surface area contributed by atoms with Crippen molar-refractivity contribution in [2.45, 2.75) is 6.42 Å². The fourth-order valence-electron chi connectivity index (χ4n) is 0.934. The number of rotatable bonds is 2. The van der Waals surface area contributed by atoms with Gasteiger partial charge in [-0.25, -0.2) is 4.79 Å². The second-order valence-electron chi connectivity index (χ2n) is 2.52. The van der Waals surface area contributed by atoms with Crippen molar-refractivity contribution in [3.63, 3.8) is 0 Å². The molecule has 0 aliphatic carbocycles. The Morgan fingerprint density at radius 2 is 2.17 bits per heavy atom. The number of hydrogen-bond donors (Lipinski definition) is 2. The Balaban J connectivity index is 2.65. The summed E-state index contributed by atoms with van der Waals surface area (Å²) in [5.41, 5.74) is 0.193. The Hall–Kier alpha value is -0.970. The second-order valence-corrected chi connectivity index (χ2v) is 3.42. The third kappa shape index (κ3) is 2.01. The molecule has 1 atom stereocenters. The van der Waals surface area contributed by atoms with Gasteiger partial charge in [-0.1, -0.05) is 0 Å². The van der Waals surface area contributed by atoms with Crippen molar-refractivity contribution in [1.29, 1.82) is 0 Å². The fraction of sp³-hybridized carbons (Fsp3) is 0.429. The van der Waals surface area contributed by atoms with Gasteiger partial charge in [0.25, 0.3) is 0 Å². The van der Waals surface area contributed by atoms with Crippen LogP contribution in [0.5, 0.6) is 0 Å². The average Bonchev–Trinajstić information content (AvgIpc) is 2.04. The topological polar surface area (TPSA) is 74.6 Å². The third-order valence-corrected chi connectivity index (χ3v) is 2.66. The van der Waals surface area contributed by atoms with Crippen LogP contribution in [0.4, 0.5) is 0 Å². The van der Waals surface area contributed by atoms with Crippen molar-refractivity contribution in [2.24, 2.45) is 5.92 Å². The molecule has 0 spiro atoms. The number of carboxylic acid groups (broad SMARTS) is 2. The lowest BCUT2D eigenvalue weighted by Crippen LogP contribution is -2.21. The van der Waals surface area contributed by atoms with Crippen molar-refractivity contribution in [3.8, 4) is 0 Å². The summed E-state index contributed by atoms with van der Waals surface area (Å²) in [5, 5.41) is 18.7. The smallest absolute Gasteiger partial charge is 0.332 e. The van der Waals surface area contributed by atoms with Crippen molar-refractivity contribution < 1.29 is 19.8 Å². The van der Waals surface area contributed by atoms with E-state index in [9.17, 15) is 9.59 Å². The van der Waals surface area contributed by atoms with E-state index in [1.807, 2.05) is 0 Å². The van der Waals surface area contributed by atoms with E-state index in [2.05, 4.69) is 0 Å².